The molecule has 1 aromatic rings. The number of aliphatic hydroxyl groups excluding tert-OH is 1. The van der Waals surface area contributed by atoms with E-state index in [0.717, 1.165) is 18.7 Å². The number of aromatic nitrogens is 1. The number of anilines is 2. The maximum Gasteiger partial charge on any atom is 0.239 e. The molecule has 2 unspecified atom stereocenters. The first kappa shape index (κ1) is 13.9. The van der Waals surface area contributed by atoms with Crippen LogP contribution in [0, 0.1) is 5.92 Å². The van der Waals surface area contributed by atoms with Crippen LogP contribution >= 0.6 is 0 Å². The summed E-state index contributed by atoms with van der Waals surface area (Å²) in [5.74, 6) is 1.55. The Kier molecular flexibility index (Phi) is 4.85. The largest absolute Gasteiger partial charge is 0.476 e. The Bertz CT molecular complexity index is 412. The van der Waals surface area contributed by atoms with Gasteiger partial charge in [-0.1, -0.05) is 12.8 Å². The number of hydrogen-bond acceptors (Lipinski definition) is 5. The molecule has 5 heteroatoms. The summed E-state index contributed by atoms with van der Waals surface area (Å²) >= 11 is 0. The fraction of sp³-hybridized carbons (Fsp3) is 0.643. The molecule has 0 aromatic carbocycles. The molecule has 0 spiro atoms. The van der Waals surface area contributed by atoms with Gasteiger partial charge in [0.2, 0.25) is 5.88 Å². The summed E-state index contributed by atoms with van der Waals surface area (Å²) in [6.07, 6.45) is 4.53. The van der Waals surface area contributed by atoms with Crippen molar-refractivity contribution in [1.29, 1.82) is 0 Å². The highest BCUT2D eigenvalue weighted by Gasteiger charge is 2.24. The second-order valence-corrected chi connectivity index (χ2v) is 5.00. The van der Waals surface area contributed by atoms with Crippen LogP contribution in [-0.4, -0.2) is 29.3 Å². The van der Waals surface area contributed by atoms with Crippen LogP contribution in [0.3, 0.4) is 0 Å². The van der Waals surface area contributed by atoms with E-state index in [0.29, 0.717) is 24.1 Å². The van der Waals surface area contributed by atoms with Crippen LogP contribution in [0.2, 0.25) is 0 Å². The molecule has 0 bridgehead atoms. The lowest BCUT2D eigenvalue weighted by Gasteiger charge is -2.31. The number of nitrogen functional groups attached to an aromatic ring is 1. The summed E-state index contributed by atoms with van der Waals surface area (Å²) in [6, 6.07) is 3.95. The molecule has 2 atom stereocenters. The molecule has 1 aliphatic rings. The third-order valence-corrected chi connectivity index (χ3v) is 3.65. The third kappa shape index (κ3) is 3.50. The predicted octanol–water partition coefficient (Wildman–Crippen LogP) is 2.03. The zero-order valence-corrected chi connectivity index (χ0v) is 11.4. The number of nitrogens with two attached hydrogens (primary N) is 1. The minimum atomic E-state index is 0.227. The van der Waals surface area contributed by atoms with E-state index >= 15 is 0 Å². The number of hydrogen-bond donors (Lipinski definition) is 3. The molecular formula is C14H23N3O2. The van der Waals surface area contributed by atoms with Crippen molar-refractivity contribution in [3.05, 3.63) is 12.1 Å². The molecular weight excluding hydrogens is 242 g/mol. The Balaban J connectivity index is 2.07. The fourth-order valence-corrected chi connectivity index (χ4v) is 2.59. The fourth-order valence-electron chi connectivity index (χ4n) is 2.59. The van der Waals surface area contributed by atoms with Gasteiger partial charge in [0, 0.05) is 18.6 Å². The Morgan fingerprint density at radius 1 is 1.42 bits per heavy atom. The van der Waals surface area contributed by atoms with Crippen molar-refractivity contribution in [1.82, 2.24) is 4.98 Å². The van der Waals surface area contributed by atoms with Gasteiger partial charge in [0.05, 0.1) is 12.3 Å². The van der Waals surface area contributed by atoms with E-state index in [4.69, 9.17) is 10.5 Å². The topological polar surface area (TPSA) is 80.4 Å². The van der Waals surface area contributed by atoms with Gasteiger partial charge in [0.25, 0.3) is 0 Å². The maximum absolute atomic E-state index is 9.42. The van der Waals surface area contributed by atoms with Crippen LogP contribution in [-0.2, 0) is 0 Å². The molecule has 0 saturated heterocycles. The minimum absolute atomic E-state index is 0.227. The van der Waals surface area contributed by atoms with Gasteiger partial charge >= 0.3 is 0 Å². The van der Waals surface area contributed by atoms with Gasteiger partial charge in [0.15, 0.2) is 0 Å². The Labute approximate surface area is 114 Å². The highest BCUT2D eigenvalue weighted by atomic mass is 16.5. The highest BCUT2D eigenvalue weighted by molar-refractivity contribution is 5.53. The second kappa shape index (κ2) is 6.61. The van der Waals surface area contributed by atoms with E-state index in [1.807, 2.05) is 13.0 Å². The molecule has 2 rings (SSSR count). The smallest absolute Gasteiger partial charge is 0.239 e. The molecule has 0 aliphatic heterocycles. The third-order valence-electron chi connectivity index (χ3n) is 3.65. The second-order valence-electron chi connectivity index (χ2n) is 5.00. The van der Waals surface area contributed by atoms with Gasteiger partial charge < -0.3 is 20.9 Å². The van der Waals surface area contributed by atoms with Crippen LogP contribution < -0.4 is 15.8 Å². The van der Waals surface area contributed by atoms with Gasteiger partial charge in [-0.25, -0.2) is 0 Å². The molecule has 1 aromatic heterocycles. The maximum atomic E-state index is 9.42. The van der Waals surface area contributed by atoms with E-state index < -0.39 is 0 Å². The Morgan fingerprint density at radius 2 is 2.21 bits per heavy atom. The molecule has 4 N–H and O–H groups in total. The Morgan fingerprint density at radius 3 is 2.95 bits per heavy atom. The number of nitrogens with zero attached hydrogens (tertiary/aromatic N) is 1. The average Bonchev–Trinajstić information content (AvgIpc) is 2.43. The van der Waals surface area contributed by atoms with Gasteiger partial charge in [-0.2, -0.15) is 4.98 Å². The van der Waals surface area contributed by atoms with Gasteiger partial charge in [-0.05, 0) is 31.9 Å². The van der Waals surface area contributed by atoms with Crippen LogP contribution in [0.15, 0.2) is 12.1 Å². The van der Waals surface area contributed by atoms with Crippen LogP contribution in [0.25, 0.3) is 0 Å². The lowest BCUT2D eigenvalue weighted by molar-refractivity contribution is 0.178. The first-order chi connectivity index (χ1) is 9.24. The number of nitrogens with one attached hydrogen (secondary N) is 1. The van der Waals surface area contributed by atoms with E-state index in [-0.39, 0.29) is 12.6 Å². The van der Waals surface area contributed by atoms with Crippen molar-refractivity contribution in [2.75, 3.05) is 24.3 Å². The van der Waals surface area contributed by atoms with Crippen LogP contribution in [0.5, 0.6) is 5.88 Å². The summed E-state index contributed by atoms with van der Waals surface area (Å²) < 4.78 is 5.39. The monoisotopic (exact) mass is 265 g/mol. The molecule has 5 nitrogen and oxygen atoms in total. The molecule has 1 saturated carbocycles. The van der Waals surface area contributed by atoms with Crippen molar-refractivity contribution in [2.24, 2.45) is 5.92 Å². The lowest BCUT2D eigenvalue weighted by Crippen LogP contribution is -2.34. The molecule has 1 heterocycles. The quantitative estimate of drug-likeness (QED) is 0.759. The number of aliphatic hydroxyl groups is 1. The normalized spacial score (nSPS) is 23.1. The molecule has 19 heavy (non-hydrogen) atoms. The van der Waals surface area contributed by atoms with Crippen molar-refractivity contribution in [2.45, 2.75) is 38.6 Å². The highest BCUT2D eigenvalue weighted by Crippen LogP contribution is 2.28. The Hall–Kier alpha value is -1.49. The van der Waals surface area contributed by atoms with Crippen LogP contribution in [0.4, 0.5) is 11.5 Å². The molecule has 106 valence electrons. The van der Waals surface area contributed by atoms with Gasteiger partial charge in [0.1, 0.15) is 5.82 Å². The molecule has 1 aliphatic carbocycles. The predicted molar refractivity (Wildman–Crippen MR) is 76.3 cm³/mol. The summed E-state index contributed by atoms with van der Waals surface area (Å²) in [7, 11) is 0. The average molecular weight is 265 g/mol. The van der Waals surface area contributed by atoms with Gasteiger partial charge in [-0.3, -0.25) is 0 Å². The van der Waals surface area contributed by atoms with Crippen LogP contribution in [0.1, 0.15) is 32.6 Å². The zero-order valence-electron chi connectivity index (χ0n) is 11.4. The van der Waals surface area contributed by atoms with Crippen molar-refractivity contribution < 1.29 is 9.84 Å². The molecule has 0 amide bonds. The van der Waals surface area contributed by atoms with E-state index in [9.17, 15) is 5.11 Å². The number of pyridine rings is 1. The molecule has 1 fully saturated rings. The number of ether oxygens (including phenoxy) is 1. The first-order valence-electron chi connectivity index (χ1n) is 7.01. The van der Waals surface area contributed by atoms with Crippen molar-refractivity contribution in [3.63, 3.8) is 0 Å². The molecule has 0 radical (unpaired) electrons. The van der Waals surface area contributed by atoms with E-state index in [2.05, 4.69) is 10.3 Å². The SMILES string of the molecule is CCOc1nc(NC2CCCCC2CO)ccc1N. The van der Waals surface area contributed by atoms with Gasteiger partial charge in [-0.15, -0.1) is 0 Å². The minimum Gasteiger partial charge on any atom is -0.476 e. The van der Waals surface area contributed by atoms with Crippen molar-refractivity contribution in [3.8, 4) is 5.88 Å². The summed E-state index contributed by atoms with van der Waals surface area (Å²) in [4.78, 5) is 4.38. The zero-order chi connectivity index (χ0) is 13.7. The summed E-state index contributed by atoms with van der Waals surface area (Å²) in [5, 5.41) is 12.8. The number of rotatable bonds is 5. The van der Waals surface area contributed by atoms with E-state index in [1.165, 1.54) is 12.8 Å². The summed E-state index contributed by atoms with van der Waals surface area (Å²) in [6.45, 7) is 2.68. The standard InChI is InChI=1S/C14H23N3O2/c1-2-19-14-11(15)7-8-13(17-14)16-12-6-4-3-5-10(12)9-18/h7-8,10,12,18H,2-6,9,15H2,1H3,(H,16,17). The lowest BCUT2D eigenvalue weighted by atomic mass is 9.85. The first-order valence-corrected chi connectivity index (χ1v) is 7.01. The summed E-state index contributed by atoms with van der Waals surface area (Å²) in [5.41, 5.74) is 6.36. The van der Waals surface area contributed by atoms with Crippen molar-refractivity contribution >= 4 is 11.5 Å². The van der Waals surface area contributed by atoms with E-state index in [1.54, 1.807) is 6.07 Å².